The Morgan fingerprint density at radius 2 is 1.94 bits per heavy atom. The van der Waals surface area contributed by atoms with E-state index in [-0.39, 0.29) is 11.5 Å². The normalized spacial score (nSPS) is 10.3. The number of rotatable bonds is 7. The fourth-order valence-electron chi connectivity index (χ4n) is 1.71. The van der Waals surface area contributed by atoms with Crippen LogP contribution in [0.3, 0.4) is 0 Å². The van der Waals surface area contributed by atoms with Gasteiger partial charge in [-0.25, -0.2) is 4.79 Å². The molecule has 2 N–H and O–H groups in total. The van der Waals surface area contributed by atoms with Crippen LogP contribution < -0.4 is 4.74 Å². The first-order chi connectivity index (χ1) is 8.65. The highest BCUT2D eigenvalue weighted by molar-refractivity contribution is 6.17. The molecule has 1 aromatic rings. The molecule has 0 fully saturated rings. The Morgan fingerprint density at radius 3 is 2.61 bits per heavy atom. The van der Waals surface area contributed by atoms with Gasteiger partial charge in [0.25, 0.3) is 0 Å². The van der Waals surface area contributed by atoms with Gasteiger partial charge in [-0.3, -0.25) is 0 Å². The van der Waals surface area contributed by atoms with Gasteiger partial charge >= 0.3 is 6.16 Å². The first kappa shape index (κ1) is 14.6. The third kappa shape index (κ3) is 4.84. The Balaban J connectivity index is 2.52. The first-order valence-electron chi connectivity index (χ1n) is 5.92. The maximum atomic E-state index is 10.4. The maximum Gasteiger partial charge on any atom is 0.511 e. The molecule has 0 saturated heterocycles. The number of carbonyl (C=O) groups is 1. The maximum absolute atomic E-state index is 10.4. The molecule has 0 aromatic heterocycles. The van der Waals surface area contributed by atoms with Crippen LogP contribution in [0.15, 0.2) is 18.2 Å². The molecule has 0 amide bonds. The highest BCUT2D eigenvalue weighted by Crippen LogP contribution is 2.30. The quantitative estimate of drug-likeness (QED) is 0.343. The number of phenols is 1. The molecule has 0 spiro atoms. The summed E-state index contributed by atoms with van der Waals surface area (Å²) in [6.45, 7) is 0. The highest BCUT2D eigenvalue weighted by Gasteiger charge is 2.10. The van der Waals surface area contributed by atoms with Crippen LogP contribution in [0, 0.1) is 0 Å². The van der Waals surface area contributed by atoms with Crippen molar-refractivity contribution >= 4 is 17.8 Å². The van der Waals surface area contributed by atoms with E-state index in [0.29, 0.717) is 17.9 Å². The standard InChI is InChI=1S/C13H17ClO4/c14-9-4-2-1-3-6-10-7-5-8-11(12(10)15)18-13(16)17/h5,7-8,15H,1-4,6,9H2,(H,16,17). The van der Waals surface area contributed by atoms with E-state index >= 15 is 0 Å². The number of hydrogen-bond donors (Lipinski definition) is 2. The van der Waals surface area contributed by atoms with Gasteiger partial charge < -0.3 is 14.9 Å². The lowest BCUT2D eigenvalue weighted by molar-refractivity contribution is 0.143. The summed E-state index contributed by atoms with van der Waals surface area (Å²) in [5.41, 5.74) is 0.708. The summed E-state index contributed by atoms with van der Waals surface area (Å²) < 4.78 is 4.48. The molecule has 0 unspecified atom stereocenters. The zero-order valence-corrected chi connectivity index (χ0v) is 10.8. The molecule has 0 aliphatic rings. The van der Waals surface area contributed by atoms with Crippen molar-refractivity contribution in [2.75, 3.05) is 5.88 Å². The summed E-state index contributed by atoms with van der Waals surface area (Å²) in [6, 6.07) is 4.87. The van der Waals surface area contributed by atoms with Crippen LogP contribution in [0.5, 0.6) is 11.5 Å². The summed E-state index contributed by atoms with van der Waals surface area (Å²) in [4.78, 5) is 10.4. The zero-order chi connectivity index (χ0) is 13.4. The number of unbranched alkanes of at least 4 members (excludes halogenated alkanes) is 3. The van der Waals surface area contributed by atoms with Gasteiger partial charge in [-0.05, 0) is 30.9 Å². The fraction of sp³-hybridized carbons (Fsp3) is 0.462. The van der Waals surface area contributed by atoms with Crippen molar-refractivity contribution in [3.8, 4) is 11.5 Å². The Hall–Kier alpha value is -1.42. The van der Waals surface area contributed by atoms with E-state index in [1.54, 1.807) is 12.1 Å². The van der Waals surface area contributed by atoms with Crippen molar-refractivity contribution in [1.29, 1.82) is 0 Å². The van der Waals surface area contributed by atoms with Crippen LogP contribution in [0.25, 0.3) is 0 Å². The number of para-hydroxylation sites is 1. The van der Waals surface area contributed by atoms with Gasteiger partial charge in [-0.1, -0.05) is 25.0 Å². The van der Waals surface area contributed by atoms with Crippen LogP contribution in [-0.4, -0.2) is 22.2 Å². The molecule has 18 heavy (non-hydrogen) atoms. The molecule has 0 aliphatic heterocycles. The van der Waals surface area contributed by atoms with E-state index in [1.165, 1.54) is 6.07 Å². The van der Waals surface area contributed by atoms with E-state index in [1.807, 2.05) is 0 Å². The minimum absolute atomic E-state index is 0.0132. The van der Waals surface area contributed by atoms with Crippen molar-refractivity contribution in [3.05, 3.63) is 23.8 Å². The van der Waals surface area contributed by atoms with Crippen LogP contribution in [-0.2, 0) is 6.42 Å². The molecule has 0 bridgehead atoms. The molecule has 1 aromatic carbocycles. The van der Waals surface area contributed by atoms with Gasteiger partial charge in [-0.2, -0.15) is 0 Å². The predicted octanol–water partition coefficient (Wildman–Crippen LogP) is 3.79. The SMILES string of the molecule is O=C(O)Oc1cccc(CCCCCCCl)c1O. The molecule has 0 atom stereocenters. The van der Waals surface area contributed by atoms with E-state index in [2.05, 4.69) is 4.74 Å². The van der Waals surface area contributed by atoms with Gasteiger partial charge in [-0.15, -0.1) is 11.6 Å². The summed E-state index contributed by atoms with van der Waals surface area (Å²) in [7, 11) is 0. The molecule has 0 heterocycles. The molecule has 1 rings (SSSR count). The van der Waals surface area contributed by atoms with Gasteiger partial charge in [0.2, 0.25) is 0 Å². The number of alkyl halides is 1. The summed E-state index contributed by atoms with van der Waals surface area (Å²) in [5, 5.41) is 18.3. The largest absolute Gasteiger partial charge is 0.511 e. The third-order valence-electron chi connectivity index (χ3n) is 2.61. The van der Waals surface area contributed by atoms with Crippen molar-refractivity contribution in [2.45, 2.75) is 32.1 Å². The average Bonchev–Trinajstić information content (AvgIpc) is 2.33. The van der Waals surface area contributed by atoms with Gasteiger partial charge in [0.05, 0.1) is 0 Å². The second kappa shape index (κ2) is 7.82. The first-order valence-corrected chi connectivity index (χ1v) is 6.46. The number of aromatic hydroxyl groups is 1. The third-order valence-corrected chi connectivity index (χ3v) is 2.88. The molecule has 100 valence electrons. The van der Waals surface area contributed by atoms with E-state index < -0.39 is 6.16 Å². The minimum Gasteiger partial charge on any atom is -0.504 e. The molecule has 5 heteroatoms. The molecular weight excluding hydrogens is 256 g/mol. The lowest BCUT2D eigenvalue weighted by Gasteiger charge is -2.08. The van der Waals surface area contributed by atoms with E-state index in [4.69, 9.17) is 16.7 Å². The average molecular weight is 273 g/mol. The lowest BCUT2D eigenvalue weighted by atomic mass is 10.1. The number of phenolic OH excluding ortho intramolecular Hbond substituents is 1. The smallest absolute Gasteiger partial charge is 0.504 e. The topological polar surface area (TPSA) is 66.8 Å². The number of hydrogen-bond acceptors (Lipinski definition) is 3. The number of halogens is 1. The van der Waals surface area contributed by atoms with Crippen LogP contribution >= 0.6 is 11.6 Å². The second-order valence-electron chi connectivity index (χ2n) is 3.99. The Kier molecular flexibility index (Phi) is 6.36. The summed E-state index contributed by atoms with van der Waals surface area (Å²) in [6.07, 6.45) is 3.30. The number of benzene rings is 1. The van der Waals surface area contributed by atoms with E-state index in [9.17, 15) is 9.90 Å². The van der Waals surface area contributed by atoms with Crippen molar-refractivity contribution in [3.63, 3.8) is 0 Å². The van der Waals surface area contributed by atoms with Crippen LogP contribution in [0.4, 0.5) is 4.79 Å². The van der Waals surface area contributed by atoms with Crippen LogP contribution in [0.1, 0.15) is 31.2 Å². The Labute approximate surface area is 111 Å². The number of carboxylic acid groups (broad SMARTS) is 1. The number of aryl methyl sites for hydroxylation is 1. The number of ether oxygens (including phenoxy) is 1. The Bertz CT molecular complexity index is 393. The zero-order valence-electron chi connectivity index (χ0n) is 10.1. The monoisotopic (exact) mass is 272 g/mol. The van der Waals surface area contributed by atoms with E-state index in [0.717, 1.165) is 25.7 Å². The summed E-state index contributed by atoms with van der Waals surface area (Å²) >= 11 is 5.58. The molecular formula is C13H17ClO4. The van der Waals surface area contributed by atoms with Crippen molar-refractivity contribution in [1.82, 2.24) is 0 Å². The van der Waals surface area contributed by atoms with Gasteiger partial charge in [0.15, 0.2) is 11.5 Å². The van der Waals surface area contributed by atoms with Gasteiger partial charge in [0.1, 0.15) is 0 Å². The highest BCUT2D eigenvalue weighted by atomic mass is 35.5. The predicted molar refractivity (Wildman–Crippen MR) is 69.7 cm³/mol. The lowest BCUT2D eigenvalue weighted by Crippen LogP contribution is -2.03. The molecule has 0 radical (unpaired) electrons. The molecule has 4 nitrogen and oxygen atoms in total. The Morgan fingerprint density at radius 1 is 1.22 bits per heavy atom. The second-order valence-corrected chi connectivity index (χ2v) is 4.36. The van der Waals surface area contributed by atoms with Gasteiger partial charge in [0, 0.05) is 5.88 Å². The van der Waals surface area contributed by atoms with Crippen molar-refractivity contribution < 1.29 is 19.7 Å². The summed E-state index contributed by atoms with van der Waals surface area (Å²) in [5.74, 6) is 0.575. The minimum atomic E-state index is -1.43. The van der Waals surface area contributed by atoms with Crippen LogP contribution in [0.2, 0.25) is 0 Å². The fourth-order valence-corrected chi connectivity index (χ4v) is 1.90. The molecule has 0 aliphatic carbocycles. The molecule has 0 saturated carbocycles. The van der Waals surface area contributed by atoms with Crippen molar-refractivity contribution in [2.24, 2.45) is 0 Å².